The average molecular weight is 697 g/mol. The van der Waals surface area contributed by atoms with E-state index in [-0.39, 0.29) is 31.3 Å². The number of rotatable bonds is 16. The van der Waals surface area contributed by atoms with Crippen LogP contribution in [0.1, 0.15) is 70.7 Å². The molecule has 49 heavy (non-hydrogen) atoms. The van der Waals surface area contributed by atoms with Crippen LogP contribution in [0.4, 0.5) is 16.4 Å². The van der Waals surface area contributed by atoms with E-state index in [2.05, 4.69) is 54.2 Å². The summed E-state index contributed by atoms with van der Waals surface area (Å²) in [6.07, 6.45) is 6.25. The molecule has 0 radical (unpaired) electrons. The van der Waals surface area contributed by atoms with Gasteiger partial charge in [0.05, 0.1) is 41.5 Å². The number of nitrogens with zero attached hydrogens (tertiary/aromatic N) is 7. The molecular formula is C33H45ClN10O5. The van der Waals surface area contributed by atoms with Crippen molar-refractivity contribution in [2.45, 2.75) is 89.6 Å². The fourth-order valence-electron chi connectivity index (χ4n) is 6.23. The highest BCUT2D eigenvalue weighted by Crippen LogP contribution is 2.32. The Hall–Kier alpha value is -4.10. The molecule has 1 aliphatic carbocycles. The predicted molar refractivity (Wildman–Crippen MR) is 182 cm³/mol. The highest BCUT2D eigenvalue weighted by molar-refractivity contribution is 6.33. The highest BCUT2D eigenvalue weighted by Gasteiger charge is 2.32. The van der Waals surface area contributed by atoms with Gasteiger partial charge in [0.25, 0.3) is 0 Å². The van der Waals surface area contributed by atoms with Crippen LogP contribution in [0.25, 0.3) is 11.3 Å². The number of nitrogens with one attached hydrogen (secondary N) is 3. The monoisotopic (exact) mass is 696 g/mol. The molecule has 2 aliphatic rings. The molecule has 1 saturated heterocycles. The van der Waals surface area contributed by atoms with Crippen molar-refractivity contribution in [2.75, 3.05) is 43.6 Å². The van der Waals surface area contributed by atoms with Crippen molar-refractivity contribution in [1.29, 1.82) is 5.26 Å². The van der Waals surface area contributed by atoms with Crippen molar-refractivity contribution >= 4 is 29.4 Å². The van der Waals surface area contributed by atoms with Crippen LogP contribution in [0.2, 0.25) is 5.02 Å². The number of nitriles is 1. The Kier molecular flexibility index (Phi) is 12.9. The molecule has 3 aromatic rings. The van der Waals surface area contributed by atoms with E-state index in [0.717, 1.165) is 42.8 Å². The van der Waals surface area contributed by atoms with Crippen LogP contribution in [-0.2, 0) is 20.8 Å². The standard InChI is InChI=1S/C33H45ClN10O5/c1-22(18-48-19-31-41-42-43-44(31)23(2)10-13-49-32(45)46)38-24-6-8-25(9-7-24)39-30-16-26(27(34)17-36-30)28-4-3-5-29(40-28)37-21-33(20-35)11-14-47-15-12-33/h3-5,16-17,22-25,38H,6-15,18-19,21H2,1-2H3,(H,36,39)(H,37,40)(H,45,46)/t22?,23-,24?,25?/m0/s1. The van der Waals surface area contributed by atoms with E-state index in [4.69, 9.17) is 31.2 Å². The van der Waals surface area contributed by atoms with Crippen LogP contribution in [-0.4, -0.2) is 92.5 Å². The molecule has 264 valence electrons. The summed E-state index contributed by atoms with van der Waals surface area (Å²) < 4.78 is 17.6. The van der Waals surface area contributed by atoms with Gasteiger partial charge in [-0.1, -0.05) is 17.7 Å². The van der Waals surface area contributed by atoms with E-state index < -0.39 is 11.6 Å². The lowest BCUT2D eigenvalue weighted by Crippen LogP contribution is -2.43. The van der Waals surface area contributed by atoms with Gasteiger partial charge in [0.1, 0.15) is 18.2 Å². The quantitative estimate of drug-likeness (QED) is 0.145. The molecule has 0 spiro atoms. The lowest BCUT2D eigenvalue weighted by atomic mass is 9.82. The minimum atomic E-state index is -1.30. The zero-order valence-corrected chi connectivity index (χ0v) is 28.7. The Labute approximate surface area is 291 Å². The van der Waals surface area contributed by atoms with E-state index >= 15 is 0 Å². The predicted octanol–water partition coefficient (Wildman–Crippen LogP) is 5.08. The van der Waals surface area contributed by atoms with E-state index in [1.807, 2.05) is 31.2 Å². The molecule has 1 unspecified atom stereocenters. The third-order valence-electron chi connectivity index (χ3n) is 9.11. The number of pyridine rings is 2. The summed E-state index contributed by atoms with van der Waals surface area (Å²) in [5.41, 5.74) is 1.08. The van der Waals surface area contributed by atoms with Crippen molar-refractivity contribution in [1.82, 2.24) is 35.5 Å². The van der Waals surface area contributed by atoms with Gasteiger partial charge in [-0.3, -0.25) is 0 Å². The third kappa shape index (κ3) is 10.4. The number of hydrogen-bond donors (Lipinski definition) is 4. The topological polar surface area (TPSA) is 194 Å². The lowest BCUT2D eigenvalue weighted by Gasteiger charge is -2.32. The highest BCUT2D eigenvalue weighted by atomic mass is 35.5. The first-order valence-electron chi connectivity index (χ1n) is 16.8. The summed E-state index contributed by atoms with van der Waals surface area (Å²) in [6, 6.07) is 10.9. The molecule has 4 N–H and O–H groups in total. The van der Waals surface area contributed by atoms with Gasteiger partial charge >= 0.3 is 6.16 Å². The number of halogens is 1. The second kappa shape index (κ2) is 17.5. The van der Waals surface area contributed by atoms with Gasteiger partial charge in [0.15, 0.2) is 5.82 Å². The molecule has 2 fully saturated rings. The summed E-state index contributed by atoms with van der Waals surface area (Å²) in [5.74, 6) is 2.04. The zero-order chi connectivity index (χ0) is 34.6. The van der Waals surface area contributed by atoms with Gasteiger partial charge in [-0.15, -0.1) is 5.10 Å². The van der Waals surface area contributed by atoms with Crippen molar-refractivity contribution in [3.63, 3.8) is 0 Å². The SMILES string of the molecule is CC(COCc1nnnn1[C@@H](C)CCOC(=O)O)NC1CCC(Nc2cc(-c3cccc(NCC4(C#N)CCOCC4)n3)c(Cl)cn2)CC1. The van der Waals surface area contributed by atoms with Gasteiger partial charge in [0, 0.05) is 56.1 Å². The van der Waals surface area contributed by atoms with Crippen LogP contribution in [0.15, 0.2) is 30.5 Å². The molecule has 5 rings (SSSR count). The Morgan fingerprint density at radius 1 is 1.20 bits per heavy atom. The van der Waals surface area contributed by atoms with Crippen molar-refractivity contribution in [2.24, 2.45) is 5.41 Å². The minimum absolute atomic E-state index is 0.0693. The summed E-state index contributed by atoms with van der Waals surface area (Å²) in [5, 5.41) is 41.4. The molecule has 1 saturated carbocycles. The smallest absolute Gasteiger partial charge is 0.450 e. The Morgan fingerprint density at radius 2 is 1.98 bits per heavy atom. The number of tetrazole rings is 1. The van der Waals surface area contributed by atoms with E-state index in [1.165, 1.54) is 0 Å². The zero-order valence-electron chi connectivity index (χ0n) is 28.0. The van der Waals surface area contributed by atoms with Crippen molar-refractivity contribution < 1.29 is 24.1 Å². The van der Waals surface area contributed by atoms with Crippen LogP contribution in [0.5, 0.6) is 0 Å². The largest absolute Gasteiger partial charge is 0.505 e. The normalized spacial score (nSPS) is 20.1. The molecule has 2 atom stereocenters. The fourth-order valence-corrected chi connectivity index (χ4v) is 6.43. The molecule has 16 heteroatoms. The maximum absolute atomic E-state index is 10.6. The number of anilines is 2. The van der Waals surface area contributed by atoms with Gasteiger partial charge in [-0.2, -0.15) is 5.26 Å². The number of hydrogen-bond acceptors (Lipinski definition) is 13. The van der Waals surface area contributed by atoms with Gasteiger partial charge < -0.3 is 35.3 Å². The van der Waals surface area contributed by atoms with Crippen LogP contribution in [0, 0.1) is 16.7 Å². The van der Waals surface area contributed by atoms with Gasteiger partial charge in [-0.05, 0) is 81.0 Å². The van der Waals surface area contributed by atoms with Gasteiger partial charge in [0.2, 0.25) is 0 Å². The molecular weight excluding hydrogens is 652 g/mol. The first kappa shape index (κ1) is 36.2. The molecule has 15 nitrogen and oxygen atoms in total. The van der Waals surface area contributed by atoms with Crippen LogP contribution >= 0.6 is 11.6 Å². The fraction of sp³-hybridized carbons (Fsp3) is 0.606. The Balaban J connectivity index is 1.05. The summed E-state index contributed by atoms with van der Waals surface area (Å²) >= 11 is 6.59. The Bertz CT molecular complexity index is 1550. The van der Waals surface area contributed by atoms with E-state index in [1.54, 1.807) is 10.9 Å². The number of ether oxygens (including phenoxy) is 3. The molecule has 4 heterocycles. The second-order valence-electron chi connectivity index (χ2n) is 12.9. The maximum Gasteiger partial charge on any atom is 0.505 e. The Morgan fingerprint density at radius 3 is 2.73 bits per heavy atom. The first-order valence-corrected chi connectivity index (χ1v) is 17.2. The lowest BCUT2D eigenvalue weighted by molar-refractivity contribution is 0.0455. The van der Waals surface area contributed by atoms with E-state index in [0.29, 0.717) is 68.3 Å². The molecule has 3 aromatic heterocycles. The minimum Gasteiger partial charge on any atom is -0.450 e. The third-order valence-corrected chi connectivity index (χ3v) is 9.41. The molecule has 0 aromatic carbocycles. The molecule has 1 aliphatic heterocycles. The number of aromatic nitrogens is 6. The maximum atomic E-state index is 10.6. The molecule has 0 bridgehead atoms. The molecule has 0 amide bonds. The van der Waals surface area contributed by atoms with Crippen molar-refractivity contribution in [3.05, 3.63) is 41.3 Å². The summed E-state index contributed by atoms with van der Waals surface area (Å²) in [6.45, 7) is 6.53. The summed E-state index contributed by atoms with van der Waals surface area (Å²) in [7, 11) is 0. The van der Waals surface area contributed by atoms with Gasteiger partial charge in [-0.25, -0.2) is 19.4 Å². The number of carbonyl (C=O) groups is 1. The number of carboxylic acid groups (broad SMARTS) is 1. The van der Waals surface area contributed by atoms with Crippen LogP contribution < -0.4 is 16.0 Å². The average Bonchev–Trinajstić information content (AvgIpc) is 3.58. The van der Waals surface area contributed by atoms with Crippen molar-refractivity contribution in [3.8, 4) is 17.3 Å². The van der Waals surface area contributed by atoms with Crippen LogP contribution in [0.3, 0.4) is 0 Å². The van der Waals surface area contributed by atoms with E-state index in [9.17, 15) is 10.1 Å². The second-order valence-corrected chi connectivity index (χ2v) is 13.3. The first-order chi connectivity index (χ1) is 23.7. The summed E-state index contributed by atoms with van der Waals surface area (Å²) in [4.78, 5) is 19.9.